The summed E-state index contributed by atoms with van der Waals surface area (Å²) in [5, 5.41) is 6.28. The van der Waals surface area contributed by atoms with E-state index >= 15 is 0 Å². The molecule has 2 N–H and O–H groups in total. The normalized spacial score (nSPS) is 16.8. The highest BCUT2D eigenvalue weighted by atomic mass is 19.1. The lowest BCUT2D eigenvalue weighted by molar-refractivity contribution is 0.469. The second-order valence-electron chi connectivity index (χ2n) is 3.48. The van der Waals surface area contributed by atoms with Gasteiger partial charge in [-0.15, -0.1) is 0 Å². The number of halogens is 1. The Bertz CT molecular complexity index is 308. The van der Waals surface area contributed by atoms with Crippen LogP contribution < -0.4 is 10.6 Å². The van der Waals surface area contributed by atoms with Crippen molar-refractivity contribution in [3.05, 3.63) is 29.6 Å². The van der Waals surface area contributed by atoms with Crippen molar-refractivity contribution in [2.45, 2.75) is 13.0 Å². The molecule has 0 unspecified atom stereocenters. The number of hydrogen-bond acceptors (Lipinski definition) is 2. The average Bonchev–Trinajstić information content (AvgIpc) is 2.03. The molecular weight excluding hydrogens is 167 g/mol. The molecule has 0 bridgehead atoms. The first-order chi connectivity index (χ1) is 6.25. The van der Waals surface area contributed by atoms with Crippen LogP contribution in [-0.4, -0.2) is 19.1 Å². The molecule has 0 aliphatic carbocycles. The summed E-state index contributed by atoms with van der Waals surface area (Å²) in [6, 6.07) is 5.51. The Balaban J connectivity index is 2.13. The Labute approximate surface area is 77.2 Å². The fraction of sp³-hybridized carbons (Fsp3) is 0.400. The molecule has 0 radical (unpaired) electrons. The van der Waals surface area contributed by atoms with Crippen LogP contribution in [0.3, 0.4) is 0 Å². The van der Waals surface area contributed by atoms with Crippen molar-refractivity contribution >= 4 is 5.69 Å². The van der Waals surface area contributed by atoms with Crippen LogP contribution in [-0.2, 0) is 0 Å². The fourth-order valence-corrected chi connectivity index (χ4v) is 1.36. The Kier molecular flexibility index (Phi) is 2.19. The molecule has 1 heterocycles. The lowest BCUT2D eigenvalue weighted by Gasteiger charge is -2.29. The van der Waals surface area contributed by atoms with Crippen LogP contribution in [0.4, 0.5) is 10.1 Å². The van der Waals surface area contributed by atoms with Crippen LogP contribution in [0.15, 0.2) is 18.2 Å². The lowest BCUT2D eigenvalue weighted by atomic mass is 10.1. The zero-order chi connectivity index (χ0) is 9.26. The number of rotatable bonds is 2. The van der Waals surface area contributed by atoms with Gasteiger partial charge in [-0.1, -0.05) is 6.07 Å². The summed E-state index contributed by atoms with van der Waals surface area (Å²) in [5.41, 5.74) is 1.70. The number of aryl methyl sites for hydroxylation is 1. The maximum Gasteiger partial charge on any atom is 0.146 e. The van der Waals surface area contributed by atoms with Gasteiger partial charge in [0, 0.05) is 13.1 Å². The lowest BCUT2D eigenvalue weighted by Crippen LogP contribution is -2.51. The molecule has 1 fully saturated rings. The Morgan fingerprint density at radius 1 is 1.46 bits per heavy atom. The highest BCUT2D eigenvalue weighted by Crippen LogP contribution is 2.17. The highest BCUT2D eigenvalue weighted by Gasteiger charge is 2.17. The van der Waals surface area contributed by atoms with E-state index < -0.39 is 0 Å². The first kappa shape index (κ1) is 8.51. The third-order valence-electron chi connectivity index (χ3n) is 2.26. The van der Waals surface area contributed by atoms with E-state index in [4.69, 9.17) is 0 Å². The first-order valence-corrected chi connectivity index (χ1v) is 4.49. The SMILES string of the molecule is Cc1ccc(F)c(NC2CNC2)c1. The van der Waals surface area contributed by atoms with E-state index in [1.54, 1.807) is 6.07 Å². The van der Waals surface area contributed by atoms with Crippen LogP contribution >= 0.6 is 0 Å². The molecule has 1 aliphatic heterocycles. The summed E-state index contributed by atoms with van der Waals surface area (Å²) in [6.45, 7) is 3.81. The van der Waals surface area contributed by atoms with Crippen molar-refractivity contribution in [3.8, 4) is 0 Å². The zero-order valence-electron chi connectivity index (χ0n) is 7.60. The summed E-state index contributed by atoms with van der Waals surface area (Å²) in [6.07, 6.45) is 0. The van der Waals surface area contributed by atoms with Crippen molar-refractivity contribution in [2.24, 2.45) is 0 Å². The van der Waals surface area contributed by atoms with Crippen molar-refractivity contribution in [3.63, 3.8) is 0 Å². The monoisotopic (exact) mass is 180 g/mol. The summed E-state index contributed by atoms with van der Waals surface area (Å²) in [7, 11) is 0. The van der Waals surface area contributed by atoms with Crippen LogP contribution in [0.25, 0.3) is 0 Å². The number of benzene rings is 1. The molecule has 1 aromatic carbocycles. The minimum absolute atomic E-state index is 0.169. The standard InChI is InChI=1S/C10H13FN2/c1-7-2-3-9(11)10(4-7)13-8-5-12-6-8/h2-4,8,12-13H,5-6H2,1H3. The van der Waals surface area contributed by atoms with Crippen molar-refractivity contribution in [1.29, 1.82) is 0 Å². The first-order valence-electron chi connectivity index (χ1n) is 4.49. The van der Waals surface area contributed by atoms with E-state index in [2.05, 4.69) is 10.6 Å². The molecule has 0 spiro atoms. The van der Waals surface area contributed by atoms with Gasteiger partial charge in [-0.05, 0) is 24.6 Å². The largest absolute Gasteiger partial charge is 0.377 e. The van der Waals surface area contributed by atoms with Crippen molar-refractivity contribution < 1.29 is 4.39 Å². The Morgan fingerprint density at radius 3 is 2.85 bits per heavy atom. The van der Waals surface area contributed by atoms with Gasteiger partial charge in [-0.25, -0.2) is 4.39 Å². The molecule has 1 aromatic rings. The second-order valence-corrected chi connectivity index (χ2v) is 3.48. The molecule has 13 heavy (non-hydrogen) atoms. The third kappa shape index (κ3) is 1.80. The van der Waals surface area contributed by atoms with Crippen LogP contribution in [0.1, 0.15) is 5.56 Å². The summed E-state index contributed by atoms with van der Waals surface area (Å²) < 4.78 is 13.2. The Morgan fingerprint density at radius 2 is 2.23 bits per heavy atom. The summed E-state index contributed by atoms with van der Waals surface area (Å²) in [4.78, 5) is 0. The van der Waals surface area contributed by atoms with E-state index in [1.165, 1.54) is 6.07 Å². The number of hydrogen-bond donors (Lipinski definition) is 2. The minimum atomic E-state index is -0.169. The van der Waals surface area contributed by atoms with E-state index in [1.807, 2.05) is 13.0 Å². The molecule has 1 aliphatic rings. The third-order valence-corrected chi connectivity index (χ3v) is 2.26. The fourth-order valence-electron chi connectivity index (χ4n) is 1.36. The maximum absolute atomic E-state index is 13.2. The van der Waals surface area contributed by atoms with Gasteiger partial charge in [0.1, 0.15) is 5.82 Å². The molecule has 2 nitrogen and oxygen atoms in total. The molecular formula is C10H13FN2. The van der Waals surface area contributed by atoms with Gasteiger partial charge < -0.3 is 10.6 Å². The van der Waals surface area contributed by atoms with Crippen LogP contribution in [0, 0.1) is 12.7 Å². The second kappa shape index (κ2) is 3.34. The average molecular weight is 180 g/mol. The molecule has 1 saturated heterocycles. The van der Waals surface area contributed by atoms with E-state index in [0.717, 1.165) is 18.7 Å². The molecule has 0 aromatic heterocycles. The molecule has 0 saturated carbocycles. The van der Waals surface area contributed by atoms with Gasteiger partial charge in [0.15, 0.2) is 0 Å². The van der Waals surface area contributed by atoms with Gasteiger partial charge in [-0.3, -0.25) is 0 Å². The predicted molar refractivity (Wildman–Crippen MR) is 51.4 cm³/mol. The molecule has 2 rings (SSSR count). The van der Waals surface area contributed by atoms with E-state index in [-0.39, 0.29) is 5.82 Å². The number of nitrogens with one attached hydrogen (secondary N) is 2. The van der Waals surface area contributed by atoms with Crippen LogP contribution in [0.5, 0.6) is 0 Å². The molecule has 0 atom stereocenters. The summed E-state index contributed by atoms with van der Waals surface area (Å²) in [5.74, 6) is -0.169. The molecule has 3 heteroatoms. The Hall–Kier alpha value is -1.09. The zero-order valence-corrected chi connectivity index (χ0v) is 7.60. The quantitative estimate of drug-likeness (QED) is 0.721. The van der Waals surface area contributed by atoms with Crippen LogP contribution in [0.2, 0.25) is 0 Å². The van der Waals surface area contributed by atoms with Gasteiger partial charge in [0.05, 0.1) is 11.7 Å². The van der Waals surface area contributed by atoms with Crippen molar-refractivity contribution in [2.75, 3.05) is 18.4 Å². The minimum Gasteiger partial charge on any atom is -0.377 e. The molecule has 0 amide bonds. The van der Waals surface area contributed by atoms with Gasteiger partial charge in [-0.2, -0.15) is 0 Å². The summed E-state index contributed by atoms with van der Waals surface area (Å²) >= 11 is 0. The molecule has 70 valence electrons. The number of anilines is 1. The van der Waals surface area contributed by atoms with E-state index in [9.17, 15) is 4.39 Å². The van der Waals surface area contributed by atoms with E-state index in [0.29, 0.717) is 11.7 Å². The van der Waals surface area contributed by atoms with Gasteiger partial charge in [0.25, 0.3) is 0 Å². The smallest absolute Gasteiger partial charge is 0.146 e. The van der Waals surface area contributed by atoms with Gasteiger partial charge in [0.2, 0.25) is 0 Å². The van der Waals surface area contributed by atoms with Crippen molar-refractivity contribution in [1.82, 2.24) is 5.32 Å². The van der Waals surface area contributed by atoms with Gasteiger partial charge >= 0.3 is 0 Å². The predicted octanol–water partition coefficient (Wildman–Crippen LogP) is 1.52. The highest BCUT2D eigenvalue weighted by molar-refractivity contribution is 5.48. The maximum atomic E-state index is 13.2. The topological polar surface area (TPSA) is 24.1 Å².